The second-order valence-corrected chi connectivity index (χ2v) is 8.35. The van der Waals surface area contributed by atoms with Crippen molar-refractivity contribution in [2.75, 3.05) is 12.3 Å². The summed E-state index contributed by atoms with van der Waals surface area (Å²) in [6, 6.07) is 1.30. The molecule has 2 atom stereocenters. The first-order valence-electron chi connectivity index (χ1n) is 10.1. The summed E-state index contributed by atoms with van der Waals surface area (Å²) in [5.41, 5.74) is 8.95. The molecule has 2 aromatic rings. The molecule has 6 heteroatoms. The van der Waals surface area contributed by atoms with Gasteiger partial charge >= 0.3 is 0 Å². The van der Waals surface area contributed by atoms with Crippen LogP contribution < -0.4 is 5.73 Å². The number of allylic oxidation sites excluding steroid dienone is 1. The normalized spacial score (nSPS) is 23.4. The third kappa shape index (κ3) is 3.36. The molecular formula is C21H31N5O. The van der Waals surface area contributed by atoms with Gasteiger partial charge in [0.25, 0.3) is 0 Å². The van der Waals surface area contributed by atoms with Crippen LogP contribution in [-0.4, -0.2) is 44.2 Å². The number of anilines is 1. The van der Waals surface area contributed by atoms with E-state index in [2.05, 4.69) is 46.1 Å². The first-order valence-corrected chi connectivity index (χ1v) is 10.1. The Morgan fingerprint density at radius 3 is 2.74 bits per heavy atom. The minimum Gasteiger partial charge on any atom is -0.383 e. The maximum atomic E-state index is 6.48. The van der Waals surface area contributed by atoms with E-state index in [1.807, 2.05) is 6.92 Å². The SMILES string of the molecule is C=C(C)c1cn(C2CCC(CN(C(C)C)C3CCC3)O2)c2ncnc(N)c12. The topological polar surface area (TPSA) is 69.2 Å². The summed E-state index contributed by atoms with van der Waals surface area (Å²) >= 11 is 0. The summed E-state index contributed by atoms with van der Waals surface area (Å²) in [5, 5.41) is 0.885. The maximum Gasteiger partial charge on any atom is 0.148 e. The number of hydrogen-bond donors (Lipinski definition) is 1. The molecule has 3 heterocycles. The quantitative estimate of drug-likeness (QED) is 0.834. The van der Waals surface area contributed by atoms with Crippen LogP contribution in [0.3, 0.4) is 0 Å². The minimum absolute atomic E-state index is 0.00435. The van der Waals surface area contributed by atoms with Gasteiger partial charge in [0, 0.05) is 30.4 Å². The van der Waals surface area contributed by atoms with E-state index in [-0.39, 0.29) is 12.3 Å². The highest BCUT2D eigenvalue weighted by Gasteiger charge is 2.34. The van der Waals surface area contributed by atoms with E-state index in [1.165, 1.54) is 25.6 Å². The van der Waals surface area contributed by atoms with E-state index in [1.54, 1.807) is 0 Å². The Labute approximate surface area is 161 Å². The van der Waals surface area contributed by atoms with Crippen LogP contribution in [0.25, 0.3) is 16.6 Å². The third-order valence-corrected chi connectivity index (χ3v) is 6.12. The monoisotopic (exact) mass is 369 g/mol. The Kier molecular flexibility index (Phi) is 4.95. The molecule has 1 aliphatic heterocycles. The van der Waals surface area contributed by atoms with Crippen molar-refractivity contribution in [1.29, 1.82) is 0 Å². The summed E-state index contributed by atoms with van der Waals surface area (Å²) < 4.78 is 8.60. The molecule has 0 radical (unpaired) electrons. The summed E-state index contributed by atoms with van der Waals surface area (Å²) in [7, 11) is 0. The van der Waals surface area contributed by atoms with E-state index in [4.69, 9.17) is 10.5 Å². The van der Waals surface area contributed by atoms with Crippen molar-refractivity contribution in [2.45, 2.75) is 77.3 Å². The highest BCUT2D eigenvalue weighted by Crippen LogP contribution is 2.37. The van der Waals surface area contributed by atoms with E-state index < -0.39 is 0 Å². The molecule has 2 aliphatic rings. The van der Waals surface area contributed by atoms with E-state index in [0.717, 1.165) is 47.6 Å². The van der Waals surface area contributed by atoms with Crippen molar-refractivity contribution in [1.82, 2.24) is 19.4 Å². The number of nitrogen functional groups attached to an aromatic ring is 1. The molecule has 27 heavy (non-hydrogen) atoms. The molecule has 2 unspecified atom stereocenters. The highest BCUT2D eigenvalue weighted by atomic mass is 16.5. The molecule has 1 aliphatic carbocycles. The van der Waals surface area contributed by atoms with E-state index in [0.29, 0.717) is 11.9 Å². The molecule has 1 saturated carbocycles. The Balaban J connectivity index is 1.55. The van der Waals surface area contributed by atoms with Gasteiger partial charge in [0.1, 0.15) is 24.0 Å². The number of ether oxygens (including phenoxy) is 1. The zero-order valence-corrected chi connectivity index (χ0v) is 16.7. The zero-order valence-electron chi connectivity index (χ0n) is 16.7. The number of rotatable bonds is 6. The minimum atomic E-state index is -0.00435. The van der Waals surface area contributed by atoms with Crippen LogP contribution in [0, 0.1) is 0 Å². The van der Waals surface area contributed by atoms with Gasteiger partial charge in [-0.05, 0) is 52.0 Å². The predicted octanol–water partition coefficient (Wildman–Crippen LogP) is 3.99. The van der Waals surface area contributed by atoms with Gasteiger partial charge in [0.05, 0.1) is 11.5 Å². The third-order valence-electron chi connectivity index (χ3n) is 6.12. The molecule has 2 N–H and O–H groups in total. The van der Waals surface area contributed by atoms with Crippen LogP contribution in [0.5, 0.6) is 0 Å². The molecule has 0 spiro atoms. The Morgan fingerprint density at radius 1 is 1.33 bits per heavy atom. The lowest BCUT2D eigenvalue weighted by atomic mass is 9.90. The molecule has 2 fully saturated rings. The van der Waals surface area contributed by atoms with Gasteiger partial charge in [-0.2, -0.15) is 0 Å². The van der Waals surface area contributed by atoms with Crippen molar-refractivity contribution >= 4 is 22.4 Å². The van der Waals surface area contributed by atoms with Crippen molar-refractivity contribution in [3.8, 4) is 0 Å². The summed E-state index contributed by atoms with van der Waals surface area (Å²) in [6.45, 7) is 11.7. The van der Waals surface area contributed by atoms with Crippen LogP contribution in [0.4, 0.5) is 5.82 Å². The van der Waals surface area contributed by atoms with Gasteiger partial charge in [-0.25, -0.2) is 9.97 Å². The lowest BCUT2D eigenvalue weighted by Crippen LogP contribution is -2.47. The summed E-state index contributed by atoms with van der Waals surface area (Å²) in [4.78, 5) is 11.3. The van der Waals surface area contributed by atoms with Gasteiger partial charge in [-0.1, -0.05) is 13.0 Å². The molecule has 0 aromatic carbocycles. The zero-order chi connectivity index (χ0) is 19.1. The first kappa shape index (κ1) is 18.4. The van der Waals surface area contributed by atoms with Crippen LogP contribution in [-0.2, 0) is 4.74 Å². The first-order chi connectivity index (χ1) is 13.0. The molecular weight excluding hydrogens is 338 g/mol. The highest BCUT2D eigenvalue weighted by molar-refractivity contribution is 5.96. The van der Waals surface area contributed by atoms with Crippen molar-refractivity contribution < 1.29 is 4.74 Å². The molecule has 4 rings (SSSR count). The fraction of sp³-hybridized carbons (Fsp3) is 0.619. The Hall–Kier alpha value is -1.92. The number of aromatic nitrogens is 3. The molecule has 2 aromatic heterocycles. The maximum absolute atomic E-state index is 6.48. The number of fused-ring (bicyclic) bond motifs is 1. The lowest BCUT2D eigenvalue weighted by molar-refractivity contribution is -0.0310. The Morgan fingerprint density at radius 2 is 2.11 bits per heavy atom. The number of nitrogens with two attached hydrogens (primary N) is 1. The molecule has 146 valence electrons. The molecule has 1 saturated heterocycles. The molecule has 6 nitrogen and oxygen atoms in total. The average molecular weight is 370 g/mol. The fourth-order valence-corrected chi connectivity index (χ4v) is 4.41. The largest absolute Gasteiger partial charge is 0.383 e. The van der Waals surface area contributed by atoms with Crippen LogP contribution >= 0.6 is 0 Å². The lowest BCUT2D eigenvalue weighted by Gasteiger charge is -2.41. The van der Waals surface area contributed by atoms with Crippen molar-refractivity contribution in [2.24, 2.45) is 0 Å². The van der Waals surface area contributed by atoms with E-state index >= 15 is 0 Å². The number of nitrogens with zero attached hydrogens (tertiary/aromatic N) is 4. The predicted molar refractivity (Wildman–Crippen MR) is 109 cm³/mol. The van der Waals surface area contributed by atoms with Gasteiger partial charge in [-0.3, -0.25) is 4.90 Å². The molecule has 0 amide bonds. The molecule has 0 bridgehead atoms. The van der Waals surface area contributed by atoms with Gasteiger partial charge in [-0.15, -0.1) is 0 Å². The summed E-state index contributed by atoms with van der Waals surface area (Å²) in [5.74, 6) is 0.502. The fourth-order valence-electron chi connectivity index (χ4n) is 4.41. The van der Waals surface area contributed by atoms with Crippen LogP contribution in [0.15, 0.2) is 19.1 Å². The standard InChI is InChI=1S/C21H31N5O/c1-13(2)17-11-26(21-19(17)20(22)23-12-24-21)18-9-8-16(27-18)10-25(14(3)4)15-6-5-7-15/h11-12,14-16,18H,1,5-10H2,2-4H3,(H2,22,23,24). The second-order valence-electron chi connectivity index (χ2n) is 8.35. The van der Waals surface area contributed by atoms with Gasteiger partial charge in [0.2, 0.25) is 0 Å². The van der Waals surface area contributed by atoms with Gasteiger partial charge in [0.15, 0.2) is 0 Å². The van der Waals surface area contributed by atoms with E-state index in [9.17, 15) is 0 Å². The van der Waals surface area contributed by atoms with Crippen molar-refractivity contribution in [3.63, 3.8) is 0 Å². The second kappa shape index (κ2) is 7.24. The smallest absolute Gasteiger partial charge is 0.148 e. The summed E-state index contributed by atoms with van der Waals surface area (Å²) in [6.07, 6.45) is 9.95. The number of hydrogen-bond acceptors (Lipinski definition) is 5. The van der Waals surface area contributed by atoms with Gasteiger partial charge < -0.3 is 15.0 Å². The average Bonchev–Trinajstić information content (AvgIpc) is 3.17. The van der Waals surface area contributed by atoms with Crippen molar-refractivity contribution in [3.05, 3.63) is 24.7 Å². The Bertz CT molecular complexity index is 838. The van der Waals surface area contributed by atoms with Crippen LogP contribution in [0.1, 0.15) is 64.7 Å². The van der Waals surface area contributed by atoms with Crippen LogP contribution in [0.2, 0.25) is 0 Å².